The molecule has 0 atom stereocenters. The molecule has 0 aliphatic rings. The molecule has 8 N–H and O–H groups in total. The van der Waals surface area contributed by atoms with Crippen molar-refractivity contribution >= 4 is 60.3 Å². The third-order valence-corrected chi connectivity index (χ3v) is 8.19. The van der Waals surface area contributed by atoms with Gasteiger partial charge in [-0.25, -0.2) is 9.97 Å². The quantitative estimate of drug-likeness (QED) is 0.0461. The molecule has 0 unspecified atom stereocenters. The molecule has 0 saturated carbocycles. The predicted molar refractivity (Wildman–Crippen MR) is 190 cm³/mol. The maximum absolute atomic E-state index is 13.5. The summed E-state index contributed by atoms with van der Waals surface area (Å²) in [6.45, 7) is 4.78. The number of methoxy groups -OCH3 is 1. The fourth-order valence-corrected chi connectivity index (χ4v) is 5.83. The topological polar surface area (TPSA) is 249 Å². The molecule has 0 aliphatic heterocycles. The van der Waals surface area contributed by atoms with Gasteiger partial charge in [-0.1, -0.05) is 12.2 Å². The van der Waals surface area contributed by atoms with Gasteiger partial charge in [-0.3, -0.25) is 24.4 Å². The summed E-state index contributed by atoms with van der Waals surface area (Å²) in [7, 11) is 0.710. The van der Waals surface area contributed by atoms with Crippen LogP contribution in [0.25, 0.3) is 22.1 Å². The Morgan fingerprint density at radius 1 is 0.902 bits per heavy atom. The minimum atomic E-state index is -2.51. The van der Waals surface area contributed by atoms with Gasteiger partial charge in [-0.15, -0.1) is 0 Å². The van der Waals surface area contributed by atoms with E-state index >= 15 is 0 Å². The van der Waals surface area contributed by atoms with Crippen LogP contribution >= 0.6 is 8.60 Å². The number of amides is 3. The molecule has 3 amide bonds. The lowest BCUT2D eigenvalue weighted by Crippen LogP contribution is -2.20. The van der Waals surface area contributed by atoms with Crippen LogP contribution in [0.3, 0.4) is 0 Å². The molecule has 0 spiro atoms. The van der Waals surface area contributed by atoms with E-state index in [1.54, 1.807) is 41.4 Å². The predicted octanol–water partition coefficient (Wildman–Crippen LogP) is 2.66. The number of carbonyl (C=O) groups excluding carboxylic acids is 3. The molecule has 18 nitrogen and oxygen atoms in total. The number of rotatable bonds is 17. The molecule has 0 saturated heterocycles. The number of fused-ring (bicyclic) bond motifs is 2. The lowest BCUT2D eigenvalue weighted by atomic mass is 10.1. The lowest BCUT2D eigenvalue weighted by Gasteiger charge is -2.13. The van der Waals surface area contributed by atoms with Gasteiger partial charge in [0, 0.05) is 44.2 Å². The van der Waals surface area contributed by atoms with Gasteiger partial charge in [-0.05, 0) is 44.2 Å². The highest BCUT2D eigenvalue weighted by molar-refractivity contribution is 7.39. The summed E-state index contributed by atoms with van der Waals surface area (Å²) in [4.78, 5) is 65.1. The molecule has 0 fully saturated rings. The fourth-order valence-electron chi connectivity index (χ4n) is 5.53. The highest BCUT2D eigenvalue weighted by Crippen LogP contribution is 2.33. The van der Waals surface area contributed by atoms with Crippen LogP contribution in [0.5, 0.6) is 11.5 Å². The first kappa shape index (κ1) is 36.7. The third-order valence-electron chi connectivity index (χ3n) is 7.78. The molecule has 5 aromatic rings. The zero-order chi connectivity index (χ0) is 36.8. The van der Waals surface area contributed by atoms with Crippen molar-refractivity contribution in [3.05, 3.63) is 65.0 Å². The molecule has 3 heterocycles. The first-order valence-electron chi connectivity index (χ1n) is 15.8. The third kappa shape index (κ3) is 8.10. The number of nitrogens with two attached hydrogens (primary N) is 2. The number of nitrogens with zero attached hydrogens (tertiary/aromatic N) is 6. The van der Waals surface area contributed by atoms with E-state index in [1.165, 1.54) is 19.2 Å². The minimum Gasteiger partial charge on any atom is -0.494 e. The molecular formula is C32H39N10O8P. The largest absolute Gasteiger partial charge is 0.494 e. The molecule has 0 radical (unpaired) electrons. The second kappa shape index (κ2) is 16.0. The smallest absolute Gasteiger partial charge is 0.327 e. The van der Waals surface area contributed by atoms with Crippen LogP contribution in [0.2, 0.25) is 0 Å². The van der Waals surface area contributed by atoms with Gasteiger partial charge in [0.1, 0.15) is 28.2 Å². The summed E-state index contributed by atoms with van der Waals surface area (Å²) >= 11 is 0. The molecule has 5 rings (SSSR count). The van der Waals surface area contributed by atoms with E-state index in [2.05, 4.69) is 25.7 Å². The molecule has 2 aromatic carbocycles. The number of aromatic nitrogens is 6. The molecule has 3 aromatic heterocycles. The second-order valence-electron chi connectivity index (χ2n) is 11.2. The Balaban J connectivity index is 1.53. The van der Waals surface area contributed by atoms with Gasteiger partial charge in [0.25, 0.3) is 5.91 Å². The number of hydrogen-bond donors (Lipinski definition) is 6. The van der Waals surface area contributed by atoms with Gasteiger partial charge in [0.15, 0.2) is 0 Å². The highest BCUT2D eigenvalue weighted by atomic mass is 31.2. The maximum atomic E-state index is 13.5. The number of nitrogens with one attached hydrogen (secondary N) is 2. The van der Waals surface area contributed by atoms with E-state index in [1.807, 2.05) is 23.6 Å². The minimum absolute atomic E-state index is 0.0252. The van der Waals surface area contributed by atoms with Gasteiger partial charge < -0.3 is 49.7 Å². The van der Waals surface area contributed by atoms with E-state index < -0.39 is 26.3 Å². The fraction of sp³-hybridized carbons (Fsp3) is 0.312. The summed E-state index contributed by atoms with van der Waals surface area (Å²) in [5.74, 6) is -0.375. The summed E-state index contributed by atoms with van der Waals surface area (Å²) in [6, 6.07) is 7.83. The average molecular weight is 723 g/mol. The Bertz CT molecular complexity index is 2120. The molecule has 0 bridgehead atoms. The van der Waals surface area contributed by atoms with E-state index in [0.29, 0.717) is 64.7 Å². The average Bonchev–Trinajstić information content (AvgIpc) is 3.77. The number of aryl methyl sites for hydroxylation is 2. The number of imidazole rings is 2. The second-order valence-corrected chi connectivity index (χ2v) is 11.9. The maximum Gasteiger partial charge on any atom is 0.327 e. The Morgan fingerprint density at radius 2 is 1.49 bits per heavy atom. The number of carbonyl (C=O) groups is 3. The molecule has 51 heavy (non-hydrogen) atoms. The van der Waals surface area contributed by atoms with Gasteiger partial charge in [0.2, 0.25) is 23.7 Å². The number of anilines is 2. The molecule has 0 aliphatic carbocycles. The molecule has 270 valence electrons. The SMILES string of the molecule is CCn1nc(C)cc1C(=O)Nc1nc2cc(C(N)=O)cc(OCCCOP(O)O)c2n1C/C=C/Cn1c(NC)nc2cc(C(N)=O)cc(OC)c21. The Labute approximate surface area is 293 Å². The number of allylic oxidation sites excluding steroid dienone is 2. The van der Waals surface area contributed by atoms with Crippen molar-refractivity contribution in [2.45, 2.75) is 39.9 Å². The van der Waals surface area contributed by atoms with Crippen molar-refractivity contribution in [3.8, 4) is 11.5 Å². The van der Waals surface area contributed by atoms with Crippen molar-refractivity contribution in [2.75, 3.05) is 38.0 Å². The zero-order valence-electron chi connectivity index (χ0n) is 28.4. The summed E-state index contributed by atoms with van der Waals surface area (Å²) < 4.78 is 21.6. The number of primary amides is 2. The Hall–Kier alpha value is -5.55. The molecule has 19 heteroatoms. The number of hydrogen-bond acceptors (Lipinski definition) is 12. The normalized spacial score (nSPS) is 11.6. The Morgan fingerprint density at radius 3 is 2.06 bits per heavy atom. The van der Waals surface area contributed by atoms with Crippen molar-refractivity contribution in [2.24, 2.45) is 11.5 Å². The monoisotopic (exact) mass is 722 g/mol. The Kier molecular flexibility index (Phi) is 11.5. The van der Waals surface area contributed by atoms with E-state index in [0.717, 1.165) is 0 Å². The summed E-state index contributed by atoms with van der Waals surface area (Å²) in [5, 5.41) is 10.3. The van der Waals surface area contributed by atoms with E-state index in [-0.39, 0.29) is 42.6 Å². The van der Waals surface area contributed by atoms with Crippen LogP contribution in [-0.4, -0.2) is 83.8 Å². The van der Waals surface area contributed by atoms with Crippen LogP contribution in [0, 0.1) is 6.92 Å². The summed E-state index contributed by atoms with van der Waals surface area (Å²) in [6.07, 6.45) is 4.04. The first-order chi connectivity index (χ1) is 24.4. The lowest BCUT2D eigenvalue weighted by molar-refractivity contribution is 0.0991. The van der Waals surface area contributed by atoms with Crippen LogP contribution in [0.4, 0.5) is 11.9 Å². The van der Waals surface area contributed by atoms with Crippen LogP contribution in [0.1, 0.15) is 50.2 Å². The zero-order valence-corrected chi connectivity index (χ0v) is 29.3. The van der Waals surface area contributed by atoms with Crippen LogP contribution in [-0.2, 0) is 24.2 Å². The standard InChI is InChI=1S/C32H39N10O8P/c1-5-42-23(13-18(2)39-42)30(45)38-32-37-22-15-20(29(34)44)17-25(49-11-8-12-50-51(46)47)27(22)41(32)10-7-6-9-40-26-21(36-31(40)35-3)14-19(28(33)43)16-24(26)48-4/h6-7,13-17,46-47H,5,8-12H2,1-4H3,(H2,33,43)(H2,34,44)(H,35,36)(H,37,38,45)/b7-6+. The van der Waals surface area contributed by atoms with Crippen molar-refractivity contribution in [1.82, 2.24) is 28.9 Å². The molecular weight excluding hydrogens is 683 g/mol. The van der Waals surface area contributed by atoms with E-state index in [4.69, 9.17) is 35.3 Å². The van der Waals surface area contributed by atoms with Gasteiger partial charge in [-0.2, -0.15) is 5.10 Å². The number of ether oxygens (including phenoxy) is 2. The van der Waals surface area contributed by atoms with Gasteiger partial charge in [0.05, 0.1) is 37.1 Å². The van der Waals surface area contributed by atoms with Crippen LogP contribution < -0.4 is 31.6 Å². The van der Waals surface area contributed by atoms with Crippen molar-refractivity contribution in [3.63, 3.8) is 0 Å². The first-order valence-corrected chi connectivity index (χ1v) is 17.0. The van der Waals surface area contributed by atoms with E-state index in [9.17, 15) is 14.4 Å². The van der Waals surface area contributed by atoms with Crippen molar-refractivity contribution < 1.29 is 38.2 Å². The number of benzene rings is 2. The summed E-state index contributed by atoms with van der Waals surface area (Å²) in [5.41, 5.74) is 14.5. The highest BCUT2D eigenvalue weighted by Gasteiger charge is 2.22. The van der Waals surface area contributed by atoms with Gasteiger partial charge >= 0.3 is 8.60 Å². The van der Waals surface area contributed by atoms with Crippen molar-refractivity contribution in [1.29, 1.82) is 0 Å². The van der Waals surface area contributed by atoms with Crippen LogP contribution in [0.15, 0.2) is 42.5 Å².